The van der Waals surface area contributed by atoms with Crippen molar-refractivity contribution in [3.63, 3.8) is 0 Å². The Morgan fingerprint density at radius 1 is 0.806 bits per heavy atom. The molecule has 4 atom stereocenters. The Kier molecular flexibility index (Phi) is 18.6. The van der Waals surface area contributed by atoms with Crippen molar-refractivity contribution >= 4 is 0 Å². The molecular formula is C26H50O5. The van der Waals surface area contributed by atoms with Crippen molar-refractivity contribution in [3.8, 4) is 0 Å². The number of aliphatic hydroxyl groups excluding tert-OH is 3. The molecule has 0 spiro atoms. The van der Waals surface area contributed by atoms with E-state index in [1.54, 1.807) is 0 Å². The number of ether oxygens (including phenoxy) is 2. The van der Waals surface area contributed by atoms with E-state index in [4.69, 9.17) is 9.47 Å². The Hall–Kier alpha value is -0.460. The van der Waals surface area contributed by atoms with E-state index < -0.39 is 24.4 Å². The Morgan fingerprint density at radius 3 is 1.84 bits per heavy atom. The third-order valence-electron chi connectivity index (χ3n) is 6.16. The highest BCUT2D eigenvalue weighted by Gasteiger charge is 2.39. The number of hydrogen-bond donors (Lipinski definition) is 3. The fourth-order valence-corrected chi connectivity index (χ4v) is 4.07. The van der Waals surface area contributed by atoms with E-state index in [0.29, 0.717) is 6.61 Å². The maximum Gasteiger partial charge on any atom is 0.114 e. The third-order valence-corrected chi connectivity index (χ3v) is 6.16. The second-order valence-corrected chi connectivity index (χ2v) is 9.14. The summed E-state index contributed by atoms with van der Waals surface area (Å²) in [5, 5.41) is 29.1. The zero-order valence-electron chi connectivity index (χ0n) is 20.1. The summed E-state index contributed by atoms with van der Waals surface area (Å²) in [5.41, 5.74) is 0. The predicted molar refractivity (Wildman–Crippen MR) is 127 cm³/mol. The minimum absolute atomic E-state index is 0.0640. The summed E-state index contributed by atoms with van der Waals surface area (Å²) in [5.74, 6) is 0. The molecule has 0 amide bonds. The molecule has 5 heteroatoms. The number of rotatable bonds is 21. The summed E-state index contributed by atoms with van der Waals surface area (Å²) in [4.78, 5) is 0. The average Bonchev–Trinajstić information content (AvgIpc) is 3.10. The van der Waals surface area contributed by atoms with Crippen LogP contribution in [-0.4, -0.2) is 59.6 Å². The van der Waals surface area contributed by atoms with Gasteiger partial charge in [-0.25, -0.2) is 0 Å². The van der Waals surface area contributed by atoms with E-state index in [0.717, 1.165) is 19.3 Å². The van der Waals surface area contributed by atoms with Crippen LogP contribution in [0.2, 0.25) is 0 Å². The molecule has 1 aliphatic heterocycles. The third kappa shape index (κ3) is 15.1. The molecular weight excluding hydrogens is 392 g/mol. The Labute approximate surface area is 191 Å². The van der Waals surface area contributed by atoms with Gasteiger partial charge in [0.1, 0.15) is 24.4 Å². The van der Waals surface area contributed by atoms with Gasteiger partial charge in [0.25, 0.3) is 0 Å². The zero-order chi connectivity index (χ0) is 22.6. The van der Waals surface area contributed by atoms with Crippen molar-refractivity contribution in [1.29, 1.82) is 0 Å². The highest BCUT2D eigenvalue weighted by atomic mass is 16.5. The first-order valence-corrected chi connectivity index (χ1v) is 13.0. The molecule has 0 unspecified atom stereocenters. The van der Waals surface area contributed by atoms with Gasteiger partial charge in [-0.05, 0) is 32.1 Å². The first kappa shape index (κ1) is 28.6. The van der Waals surface area contributed by atoms with Crippen molar-refractivity contribution in [2.45, 2.75) is 134 Å². The second kappa shape index (κ2) is 20.2. The zero-order valence-corrected chi connectivity index (χ0v) is 20.1. The second-order valence-electron chi connectivity index (χ2n) is 9.14. The van der Waals surface area contributed by atoms with Crippen molar-refractivity contribution in [1.82, 2.24) is 0 Å². The summed E-state index contributed by atoms with van der Waals surface area (Å²) in [7, 11) is 0. The molecule has 0 aromatic carbocycles. The normalized spacial score (nSPS) is 22.5. The fourth-order valence-electron chi connectivity index (χ4n) is 4.07. The lowest BCUT2D eigenvalue weighted by Gasteiger charge is -2.20. The summed E-state index contributed by atoms with van der Waals surface area (Å²) in [6, 6.07) is 0. The molecule has 184 valence electrons. The number of aliphatic hydroxyl groups is 3. The number of hydrogen-bond acceptors (Lipinski definition) is 5. The van der Waals surface area contributed by atoms with Crippen LogP contribution in [0.1, 0.15) is 110 Å². The van der Waals surface area contributed by atoms with Crippen molar-refractivity contribution in [2.24, 2.45) is 0 Å². The van der Waals surface area contributed by atoms with Crippen LogP contribution in [0.4, 0.5) is 0 Å². The van der Waals surface area contributed by atoms with E-state index in [1.165, 1.54) is 83.5 Å². The van der Waals surface area contributed by atoms with Gasteiger partial charge < -0.3 is 24.8 Å². The van der Waals surface area contributed by atoms with Gasteiger partial charge in [-0.3, -0.25) is 0 Å². The number of unbranched alkanes of at least 4 members (excludes halogenated alkanes) is 14. The minimum Gasteiger partial charge on any atom is -0.388 e. The smallest absolute Gasteiger partial charge is 0.114 e. The van der Waals surface area contributed by atoms with Crippen LogP contribution in [0.3, 0.4) is 0 Å². The van der Waals surface area contributed by atoms with E-state index in [1.807, 2.05) is 0 Å². The molecule has 1 aliphatic rings. The first-order valence-electron chi connectivity index (χ1n) is 13.0. The monoisotopic (exact) mass is 442 g/mol. The quantitative estimate of drug-likeness (QED) is 0.166. The Balaban J connectivity index is 1.77. The van der Waals surface area contributed by atoms with Gasteiger partial charge in [-0.15, -0.1) is 0 Å². The van der Waals surface area contributed by atoms with Gasteiger partial charge in [0.15, 0.2) is 0 Å². The average molecular weight is 443 g/mol. The highest BCUT2D eigenvalue weighted by molar-refractivity contribution is 4.87. The van der Waals surface area contributed by atoms with Gasteiger partial charge in [0.2, 0.25) is 0 Å². The summed E-state index contributed by atoms with van der Waals surface area (Å²) in [6.45, 7) is 3.06. The van der Waals surface area contributed by atoms with Gasteiger partial charge >= 0.3 is 0 Å². The van der Waals surface area contributed by atoms with Crippen LogP contribution in [0.25, 0.3) is 0 Å². The summed E-state index contributed by atoms with van der Waals surface area (Å²) < 4.78 is 10.7. The van der Waals surface area contributed by atoms with Crippen LogP contribution in [0.5, 0.6) is 0 Å². The van der Waals surface area contributed by atoms with Gasteiger partial charge in [-0.1, -0.05) is 89.7 Å². The van der Waals surface area contributed by atoms with Crippen LogP contribution in [0.15, 0.2) is 12.2 Å². The summed E-state index contributed by atoms with van der Waals surface area (Å²) in [6.07, 6.45) is 22.0. The van der Waals surface area contributed by atoms with E-state index in [2.05, 4.69) is 19.1 Å². The van der Waals surface area contributed by atoms with Crippen LogP contribution >= 0.6 is 0 Å². The largest absolute Gasteiger partial charge is 0.388 e. The van der Waals surface area contributed by atoms with E-state index in [-0.39, 0.29) is 13.2 Å². The maximum absolute atomic E-state index is 9.96. The lowest BCUT2D eigenvalue weighted by Crippen LogP contribution is -2.40. The predicted octanol–water partition coefficient (Wildman–Crippen LogP) is 5.30. The molecule has 0 bridgehead atoms. The molecule has 1 saturated heterocycles. The lowest BCUT2D eigenvalue weighted by atomic mass is 10.0. The standard InChI is InChI=1S/C26H50O5/c1-2-3-4-5-6-7-8-9-10-11-12-13-14-15-16-17-18-19-20-30-21-24(28)26-25(29)23(27)22-31-26/h15-16,23-29H,2-14,17-22H2,1H3/b16-15+/t23-,24+,25+,26+/m0/s1. The minimum atomic E-state index is -1.03. The molecule has 5 nitrogen and oxygen atoms in total. The molecule has 3 N–H and O–H groups in total. The van der Waals surface area contributed by atoms with E-state index in [9.17, 15) is 15.3 Å². The van der Waals surface area contributed by atoms with Crippen molar-refractivity contribution < 1.29 is 24.8 Å². The fraction of sp³-hybridized carbons (Fsp3) is 0.923. The molecule has 31 heavy (non-hydrogen) atoms. The molecule has 1 heterocycles. The van der Waals surface area contributed by atoms with Gasteiger partial charge in [0.05, 0.1) is 13.2 Å². The molecule has 1 rings (SSSR count). The molecule has 0 aromatic rings. The lowest BCUT2D eigenvalue weighted by molar-refractivity contribution is -0.0813. The Bertz CT molecular complexity index is 415. The van der Waals surface area contributed by atoms with Crippen LogP contribution in [-0.2, 0) is 9.47 Å². The van der Waals surface area contributed by atoms with Gasteiger partial charge in [0, 0.05) is 6.61 Å². The van der Waals surface area contributed by atoms with Crippen LogP contribution in [0, 0.1) is 0 Å². The van der Waals surface area contributed by atoms with Crippen molar-refractivity contribution in [3.05, 3.63) is 12.2 Å². The van der Waals surface area contributed by atoms with Gasteiger partial charge in [-0.2, -0.15) is 0 Å². The van der Waals surface area contributed by atoms with Crippen molar-refractivity contribution in [2.75, 3.05) is 19.8 Å². The SMILES string of the molecule is CCCCCCCCCCCCCC/C=C/CCCCOC[C@@H](O)[C@H]1OC[C@H](O)[C@H]1O. The molecule has 0 radical (unpaired) electrons. The summed E-state index contributed by atoms with van der Waals surface area (Å²) >= 11 is 0. The Morgan fingerprint density at radius 2 is 1.32 bits per heavy atom. The molecule has 1 fully saturated rings. The van der Waals surface area contributed by atoms with E-state index >= 15 is 0 Å². The number of allylic oxidation sites excluding steroid dienone is 2. The highest BCUT2D eigenvalue weighted by Crippen LogP contribution is 2.18. The first-order chi connectivity index (χ1) is 15.2. The maximum atomic E-state index is 9.96. The molecule has 0 aromatic heterocycles. The topological polar surface area (TPSA) is 79.2 Å². The van der Waals surface area contributed by atoms with Crippen LogP contribution < -0.4 is 0 Å². The molecule has 0 saturated carbocycles. The molecule has 0 aliphatic carbocycles.